The van der Waals surface area contributed by atoms with E-state index >= 15 is 0 Å². The zero-order valence-corrected chi connectivity index (χ0v) is 9.12. The van der Waals surface area contributed by atoms with Crippen molar-refractivity contribution < 1.29 is 4.74 Å². The highest BCUT2D eigenvalue weighted by Gasteiger charge is 2.27. The molecule has 0 bridgehead atoms. The van der Waals surface area contributed by atoms with E-state index in [-0.39, 0.29) is 5.84 Å². The average Bonchev–Trinajstić information content (AvgIpc) is 2.50. The van der Waals surface area contributed by atoms with Gasteiger partial charge in [0.2, 0.25) is 0 Å². The molecule has 0 aromatic rings. The molecule has 14 heavy (non-hydrogen) atoms. The van der Waals surface area contributed by atoms with Gasteiger partial charge < -0.3 is 15.4 Å². The monoisotopic (exact) mass is 199 g/mol. The third-order valence-electron chi connectivity index (χ3n) is 2.86. The van der Waals surface area contributed by atoms with Crippen LogP contribution < -0.4 is 5.73 Å². The van der Waals surface area contributed by atoms with Gasteiger partial charge in [0.1, 0.15) is 0 Å². The van der Waals surface area contributed by atoms with Crippen molar-refractivity contribution in [2.45, 2.75) is 38.3 Å². The second-order valence-electron chi connectivity index (χ2n) is 4.04. The lowest BCUT2D eigenvalue weighted by Gasteiger charge is -2.26. The predicted molar refractivity (Wildman–Crippen MR) is 57.6 cm³/mol. The minimum atomic E-state index is 0.286. The quantitative estimate of drug-likeness (QED) is 0.509. The number of rotatable bonds is 5. The Morgan fingerprint density at radius 2 is 2.36 bits per heavy atom. The van der Waals surface area contributed by atoms with Crippen molar-refractivity contribution in [2.75, 3.05) is 20.2 Å². The molecule has 82 valence electrons. The number of hydrogen-bond acceptors (Lipinski definition) is 3. The van der Waals surface area contributed by atoms with Gasteiger partial charge in [-0.2, -0.15) is 0 Å². The Morgan fingerprint density at radius 1 is 1.64 bits per heavy atom. The Hall–Kier alpha value is -0.610. The first-order valence-corrected chi connectivity index (χ1v) is 5.26. The van der Waals surface area contributed by atoms with Crippen molar-refractivity contribution in [3.8, 4) is 0 Å². The smallest absolute Gasteiger partial charge is 0.0905 e. The number of ether oxygens (including phenoxy) is 1. The molecule has 1 heterocycles. The second kappa shape index (κ2) is 5.32. The van der Waals surface area contributed by atoms with Gasteiger partial charge in [-0.25, -0.2) is 0 Å². The van der Waals surface area contributed by atoms with Crippen LogP contribution in [-0.2, 0) is 4.74 Å². The molecule has 2 unspecified atom stereocenters. The third kappa shape index (κ3) is 3.27. The minimum Gasteiger partial charge on any atom is -0.388 e. The van der Waals surface area contributed by atoms with Crippen LogP contribution in [0.4, 0.5) is 0 Å². The Labute approximate surface area is 85.9 Å². The maximum atomic E-state index is 7.12. The van der Waals surface area contributed by atoms with E-state index < -0.39 is 0 Å². The predicted octanol–water partition coefficient (Wildman–Crippen LogP) is 0.812. The van der Waals surface area contributed by atoms with Crippen molar-refractivity contribution in [3.63, 3.8) is 0 Å². The Kier molecular flexibility index (Phi) is 4.35. The fourth-order valence-electron chi connectivity index (χ4n) is 1.98. The summed E-state index contributed by atoms with van der Waals surface area (Å²) in [6, 6.07) is 0.543. The first-order chi connectivity index (χ1) is 6.61. The van der Waals surface area contributed by atoms with Gasteiger partial charge in [-0.1, -0.05) is 0 Å². The van der Waals surface area contributed by atoms with Crippen LogP contribution in [-0.4, -0.2) is 43.1 Å². The Balaban J connectivity index is 2.20. The molecular weight excluding hydrogens is 178 g/mol. The van der Waals surface area contributed by atoms with Gasteiger partial charge in [0.15, 0.2) is 0 Å². The average molecular weight is 199 g/mol. The molecule has 1 saturated heterocycles. The van der Waals surface area contributed by atoms with E-state index in [1.165, 1.54) is 0 Å². The van der Waals surface area contributed by atoms with Gasteiger partial charge in [0.05, 0.1) is 11.9 Å². The van der Waals surface area contributed by atoms with Crippen LogP contribution in [0.15, 0.2) is 0 Å². The molecule has 0 aromatic heterocycles. The number of nitrogens with two attached hydrogens (primary N) is 1. The molecule has 1 rings (SSSR count). The van der Waals surface area contributed by atoms with Crippen LogP contribution in [0, 0.1) is 5.41 Å². The molecule has 4 nitrogen and oxygen atoms in total. The molecule has 1 aliphatic rings. The van der Waals surface area contributed by atoms with Crippen molar-refractivity contribution >= 4 is 5.84 Å². The lowest BCUT2D eigenvalue weighted by atomic mass is 10.1. The van der Waals surface area contributed by atoms with Crippen molar-refractivity contribution in [2.24, 2.45) is 5.73 Å². The molecule has 2 atom stereocenters. The second-order valence-corrected chi connectivity index (χ2v) is 4.04. The zero-order valence-electron chi connectivity index (χ0n) is 9.12. The summed E-state index contributed by atoms with van der Waals surface area (Å²) < 4.78 is 5.51. The number of likely N-dealkylation sites (N-methyl/N-ethyl adjacent to an activating group) is 1. The van der Waals surface area contributed by atoms with Crippen molar-refractivity contribution in [1.82, 2.24) is 4.90 Å². The van der Waals surface area contributed by atoms with Crippen molar-refractivity contribution in [3.05, 3.63) is 0 Å². The topological polar surface area (TPSA) is 62.3 Å². The van der Waals surface area contributed by atoms with Gasteiger partial charge in [0, 0.05) is 19.1 Å². The number of nitrogens with one attached hydrogen (secondary N) is 1. The summed E-state index contributed by atoms with van der Waals surface area (Å²) in [5.41, 5.74) is 5.30. The largest absolute Gasteiger partial charge is 0.388 e. The highest BCUT2D eigenvalue weighted by molar-refractivity contribution is 5.76. The highest BCUT2D eigenvalue weighted by atomic mass is 16.5. The lowest BCUT2D eigenvalue weighted by Crippen LogP contribution is -2.37. The van der Waals surface area contributed by atoms with Gasteiger partial charge in [-0.05, 0) is 33.4 Å². The summed E-state index contributed by atoms with van der Waals surface area (Å²) in [5, 5.41) is 7.12. The first kappa shape index (κ1) is 11.5. The third-order valence-corrected chi connectivity index (χ3v) is 2.86. The highest BCUT2D eigenvalue weighted by Crippen LogP contribution is 2.18. The van der Waals surface area contributed by atoms with Crippen LogP contribution in [0.5, 0.6) is 0 Å². The molecule has 1 aliphatic heterocycles. The Bertz CT molecular complexity index is 196. The normalized spacial score (nSPS) is 27.1. The van der Waals surface area contributed by atoms with Crippen LogP contribution in [0.1, 0.15) is 26.2 Å². The zero-order chi connectivity index (χ0) is 10.6. The molecule has 0 aromatic carbocycles. The van der Waals surface area contributed by atoms with Gasteiger partial charge in [-0.15, -0.1) is 0 Å². The standard InChI is InChI=1S/C10H21N3O/c1-8-9(5-7-14-8)13(2)6-3-4-10(11)12/h8-9H,3-7H2,1-2H3,(H3,11,12). The van der Waals surface area contributed by atoms with Crippen LogP contribution in [0.3, 0.4) is 0 Å². The Morgan fingerprint density at radius 3 is 2.86 bits per heavy atom. The molecule has 0 saturated carbocycles. The van der Waals surface area contributed by atoms with Crippen LogP contribution in [0.2, 0.25) is 0 Å². The SMILES string of the molecule is CC1OCCC1N(C)CCCC(=N)N. The van der Waals surface area contributed by atoms with E-state index in [0.29, 0.717) is 18.6 Å². The molecule has 0 amide bonds. The van der Waals surface area contributed by atoms with Gasteiger partial charge in [-0.3, -0.25) is 5.41 Å². The van der Waals surface area contributed by atoms with Gasteiger partial charge >= 0.3 is 0 Å². The minimum absolute atomic E-state index is 0.286. The van der Waals surface area contributed by atoms with E-state index in [0.717, 1.165) is 26.0 Å². The number of hydrogen-bond donors (Lipinski definition) is 2. The molecular formula is C10H21N3O. The first-order valence-electron chi connectivity index (χ1n) is 5.26. The summed E-state index contributed by atoms with van der Waals surface area (Å²) in [4.78, 5) is 2.32. The summed E-state index contributed by atoms with van der Waals surface area (Å²) in [7, 11) is 2.12. The van der Waals surface area contributed by atoms with E-state index in [1.54, 1.807) is 0 Å². The van der Waals surface area contributed by atoms with E-state index in [9.17, 15) is 0 Å². The fraction of sp³-hybridized carbons (Fsp3) is 0.900. The number of amidine groups is 1. The molecule has 0 aliphatic carbocycles. The van der Waals surface area contributed by atoms with Crippen molar-refractivity contribution in [1.29, 1.82) is 5.41 Å². The molecule has 0 radical (unpaired) electrons. The summed E-state index contributed by atoms with van der Waals surface area (Å²) in [5.74, 6) is 0.286. The summed E-state index contributed by atoms with van der Waals surface area (Å²) in [6.07, 6.45) is 3.14. The fourth-order valence-corrected chi connectivity index (χ4v) is 1.98. The maximum absolute atomic E-state index is 7.12. The van der Waals surface area contributed by atoms with E-state index in [1.807, 2.05) is 0 Å². The van der Waals surface area contributed by atoms with Crippen LogP contribution >= 0.6 is 0 Å². The molecule has 1 fully saturated rings. The van der Waals surface area contributed by atoms with Gasteiger partial charge in [0.25, 0.3) is 0 Å². The van der Waals surface area contributed by atoms with E-state index in [2.05, 4.69) is 18.9 Å². The van der Waals surface area contributed by atoms with Crippen LogP contribution in [0.25, 0.3) is 0 Å². The molecule has 3 N–H and O–H groups in total. The summed E-state index contributed by atoms with van der Waals surface area (Å²) in [6.45, 7) is 4.00. The molecule has 0 spiro atoms. The number of nitrogens with zero attached hydrogens (tertiary/aromatic N) is 1. The van der Waals surface area contributed by atoms with E-state index in [4.69, 9.17) is 15.9 Å². The molecule has 4 heteroatoms. The maximum Gasteiger partial charge on any atom is 0.0905 e. The summed E-state index contributed by atoms with van der Waals surface area (Å²) >= 11 is 0. The lowest BCUT2D eigenvalue weighted by molar-refractivity contribution is 0.0835.